The number of nitrogens with one attached hydrogen (secondary N) is 1. The quantitative estimate of drug-likeness (QED) is 0.651. The third kappa shape index (κ3) is 3.56. The fraction of sp³-hybridized carbons (Fsp3) is 0.316. The molecule has 27 heavy (non-hydrogen) atoms. The first kappa shape index (κ1) is 18.7. The van der Waals surface area contributed by atoms with Gasteiger partial charge in [-0.15, -0.1) is 0 Å². The molecule has 0 saturated carbocycles. The van der Waals surface area contributed by atoms with Crippen LogP contribution in [-0.2, 0) is 16.0 Å². The monoisotopic (exact) mass is 369 g/mol. The van der Waals surface area contributed by atoms with E-state index in [9.17, 15) is 19.2 Å². The molecule has 140 valence electrons. The molecule has 2 aromatic heterocycles. The highest BCUT2D eigenvalue weighted by Crippen LogP contribution is 2.27. The van der Waals surface area contributed by atoms with Crippen LogP contribution in [0.15, 0.2) is 29.2 Å². The fourth-order valence-electron chi connectivity index (χ4n) is 2.89. The smallest absolute Gasteiger partial charge is 0.323 e. The maximum Gasteiger partial charge on any atom is 0.323 e. The number of ether oxygens (including phenoxy) is 1. The summed E-state index contributed by atoms with van der Waals surface area (Å²) in [5.74, 6) is -1.61. The van der Waals surface area contributed by atoms with Gasteiger partial charge in [0.25, 0.3) is 0 Å². The van der Waals surface area contributed by atoms with Gasteiger partial charge >= 0.3 is 5.97 Å². The van der Waals surface area contributed by atoms with E-state index in [1.54, 1.807) is 20.8 Å². The van der Waals surface area contributed by atoms with Crippen LogP contribution in [0, 0.1) is 0 Å². The first-order valence-corrected chi connectivity index (χ1v) is 8.37. The zero-order chi connectivity index (χ0) is 19.9. The number of hydrogen-bond acceptors (Lipinski definition) is 7. The van der Waals surface area contributed by atoms with Crippen molar-refractivity contribution in [3.8, 4) is 0 Å². The standard InChI is InChI=1S/C19H19N3O5/c1-19(2,3)27-18(26)11(20)8-9-6-7-21-15-13(9)17(25)14-10(16(15)24)4-5-12(23)22-14/h4-7,11H,8,20H2,1-3H3,(H,22,23). The van der Waals surface area contributed by atoms with Crippen molar-refractivity contribution in [2.24, 2.45) is 5.73 Å². The number of aromatic amines is 1. The lowest BCUT2D eigenvalue weighted by atomic mass is 9.86. The Morgan fingerprint density at radius 3 is 2.56 bits per heavy atom. The second-order valence-corrected chi connectivity index (χ2v) is 7.31. The average Bonchev–Trinajstić information content (AvgIpc) is 2.58. The number of aromatic nitrogens is 2. The predicted molar refractivity (Wildman–Crippen MR) is 95.7 cm³/mol. The lowest BCUT2D eigenvalue weighted by Gasteiger charge is -2.23. The third-order valence-corrected chi connectivity index (χ3v) is 4.02. The highest BCUT2D eigenvalue weighted by atomic mass is 16.6. The van der Waals surface area contributed by atoms with Gasteiger partial charge in [0.15, 0.2) is 0 Å². The van der Waals surface area contributed by atoms with Crippen molar-refractivity contribution in [3.05, 3.63) is 62.8 Å². The van der Waals surface area contributed by atoms with E-state index in [0.717, 1.165) is 0 Å². The minimum Gasteiger partial charge on any atom is -0.459 e. The lowest BCUT2D eigenvalue weighted by Crippen LogP contribution is -2.39. The van der Waals surface area contributed by atoms with Gasteiger partial charge in [0.05, 0.1) is 11.1 Å². The molecule has 3 rings (SSSR count). The summed E-state index contributed by atoms with van der Waals surface area (Å²) < 4.78 is 5.26. The Morgan fingerprint density at radius 1 is 1.19 bits per heavy atom. The van der Waals surface area contributed by atoms with E-state index in [1.165, 1.54) is 24.4 Å². The second kappa shape index (κ2) is 6.55. The van der Waals surface area contributed by atoms with E-state index < -0.39 is 34.7 Å². The van der Waals surface area contributed by atoms with Crippen LogP contribution in [0.5, 0.6) is 0 Å². The molecule has 0 radical (unpaired) electrons. The average molecular weight is 369 g/mol. The van der Waals surface area contributed by atoms with Crippen LogP contribution in [0.3, 0.4) is 0 Å². The van der Waals surface area contributed by atoms with Crippen molar-refractivity contribution in [2.75, 3.05) is 0 Å². The molecule has 0 aliphatic heterocycles. The van der Waals surface area contributed by atoms with Crippen LogP contribution in [0.4, 0.5) is 0 Å². The SMILES string of the molecule is CC(C)(C)OC(=O)C(N)Cc1ccnc2c1C(=O)c1[nH]c(=O)ccc1C2=O. The first-order valence-electron chi connectivity index (χ1n) is 8.37. The number of carbonyl (C=O) groups excluding carboxylic acids is 3. The van der Waals surface area contributed by atoms with Gasteiger partial charge in [0.2, 0.25) is 17.1 Å². The fourth-order valence-corrected chi connectivity index (χ4v) is 2.89. The molecule has 8 heteroatoms. The number of carbonyl (C=O) groups is 3. The lowest BCUT2D eigenvalue weighted by molar-refractivity contribution is -0.156. The van der Waals surface area contributed by atoms with E-state index in [-0.39, 0.29) is 28.9 Å². The van der Waals surface area contributed by atoms with Gasteiger partial charge in [-0.3, -0.25) is 24.2 Å². The normalized spacial score (nSPS) is 14.4. The van der Waals surface area contributed by atoms with E-state index in [2.05, 4.69) is 9.97 Å². The molecule has 0 saturated heterocycles. The van der Waals surface area contributed by atoms with Gasteiger partial charge in [-0.05, 0) is 44.9 Å². The Kier molecular flexibility index (Phi) is 4.52. The minimum atomic E-state index is -1.02. The summed E-state index contributed by atoms with van der Waals surface area (Å²) in [5, 5.41) is 0. The minimum absolute atomic E-state index is 0.00874. The molecule has 2 heterocycles. The molecular weight excluding hydrogens is 350 g/mol. The Hall–Kier alpha value is -3.13. The number of nitrogens with zero attached hydrogens (tertiary/aromatic N) is 1. The maximum absolute atomic E-state index is 12.9. The Labute approximate surface area is 154 Å². The zero-order valence-electron chi connectivity index (χ0n) is 15.2. The van der Waals surface area contributed by atoms with Gasteiger partial charge in [-0.2, -0.15) is 0 Å². The summed E-state index contributed by atoms with van der Waals surface area (Å²) >= 11 is 0. The van der Waals surface area contributed by atoms with Gasteiger partial charge < -0.3 is 15.5 Å². The van der Waals surface area contributed by atoms with Crippen LogP contribution in [-0.4, -0.2) is 39.1 Å². The number of esters is 1. The number of nitrogens with two attached hydrogens (primary N) is 1. The highest BCUT2D eigenvalue weighted by Gasteiger charge is 2.34. The Balaban J connectivity index is 1.99. The number of pyridine rings is 2. The topological polar surface area (TPSA) is 132 Å². The van der Waals surface area contributed by atoms with Crippen molar-refractivity contribution in [3.63, 3.8) is 0 Å². The first-order chi connectivity index (χ1) is 12.6. The molecule has 1 aliphatic carbocycles. The number of ketones is 2. The van der Waals surface area contributed by atoms with E-state index in [4.69, 9.17) is 10.5 Å². The summed E-state index contributed by atoms with van der Waals surface area (Å²) in [4.78, 5) is 55.7. The molecule has 0 spiro atoms. The van der Waals surface area contributed by atoms with E-state index in [1.807, 2.05) is 0 Å². The van der Waals surface area contributed by atoms with Gasteiger partial charge in [-0.25, -0.2) is 0 Å². The number of rotatable bonds is 3. The molecule has 3 N–H and O–H groups in total. The maximum atomic E-state index is 12.9. The van der Waals surface area contributed by atoms with Crippen LogP contribution >= 0.6 is 0 Å². The van der Waals surface area contributed by atoms with Crippen LogP contribution in [0.2, 0.25) is 0 Å². The summed E-state index contributed by atoms with van der Waals surface area (Å²) in [6.45, 7) is 5.17. The molecule has 0 fully saturated rings. The van der Waals surface area contributed by atoms with E-state index >= 15 is 0 Å². The molecule has 0 aromatic carbocycles. The summed E-state index contributed by atoms with van der Waals surface area (Å²) in [7, 11) is 0. The molecule has 1 atom stereocenters. The van der Waals surface area contributed by atoms with Gasteiger partial charge in [-0.1, -0.05) is 0 Å². The van der Waals surface area contributed by atoms with Gasteiger partial charge in [0.1, 0.15) is 23.0 Å². The molecule has 1 aliphatic rings. The Bertz CT molecular complexity index is 1020. The Morgan fingerprint density at radius 2 is 1.89 bits per heavy atom. The number of hydrogen-bond donors (Lipinski definition) is 2. The van der Waals surface area contributed by atoms with Crippen molar-refractivity contribution >= 4 is 17.5 Å². The zero-order valence-corrected chi connectivity index (χ0v) is 15.2. The summed E-state index contributed by atoms with van der Waals surface area (Å²) in [5.41, 5.74) is 5.18. The molecule has 2 aromatic rings. The highest BCUT2D eigenvalue weighted by molar-refractivity contribution is 6.27. The van der Waals surface area contributed by atoms with Crippen molar-refractivity contribution in [1.82, 2.24) is 9.97 Å². The largest absolute Gasteiger partial charge is 0.459 e. The summed E-state index contributed by atoms with van der Waals surface area (Å²) in [6, 6.07) is 2.99. The number of H-pyrrole nitrogens is 1. The molecule has 0 amide bonds. The third-order valence-electron chi connectivity index (χ3n) is 4.02. The predicted octanol–water partition coefficient (Wildman–Crippen LogP) is 0.757. The van der Waals surface area contributed by atoms with Crippen molar-refractivity contribution < 1.29 is 19.1 Å². The summed E-state index contributed by atoms with van der Waals surface area (Å²) in [6.07, 6.45) is 1.38. The van der Waals surface area contributed by atoms with Gasteiger partial charge in [0, 0.05) is 12.3 Å². The van der Waals surface area contributed by atoms with Crippen LogP contribution in [0.25, 0.3) is 0 Å². The number of fused-ring (bicyclic) bond motifs is 2. The van der Waals surface area contributed by atoms with Crippen molar-refractivity contribution in [2.45, 2.75) is 38.8 Å². The molecular formula is C19H19N3O5. The second-order valence-electron chi connectivity index (χ2n) is 7.31. The molecule has 0 bridgehead atoms. The van der Waals surface area contributed by atoms with Crippen molar-refractivity contribution in [1.29, 1.82) is 0 Å². The van der Waals surface area contributed by atoms with Crippen LogP contribution < -0.4 is 11.3 Å². The molecule has 1 unspecified atom stereocenters. The molecule has 8 nitrogen and oxygen atoms in total. The van der Waals surface area contributed by atoms with E-state index in [0.29, 0.717) is 5.56 Å². The van der Waals surface area contributed by atoms with Crippen LogP contribution in [0.1, 0.15) is 58.4 Å².